The molecule has 0 fully saturated rings. The normalized spacial score (nSPS) is 12.2. The number of ether oxygens (including phenoxy) is 1. The molecule has 0 bridgehead atoms. The Morgan fingerprint density at radius 1 is 1.06 bits per heavy atom. The van der Waals surface area contributed by atoms with Crippen molar-refractivity contribution in [3.05, 3.63) is 64.4 Å². The maximum atomic E-state index is 13.6. The lowest BCUT2D eigenvalue weighted by molar-refractivity contribution is 0.386. The molecule has 0 aliphatic heterocycles. The average Bonchev–Trinajstić information content (AvgIpc) is 2.38. The first kappa shape index (κ1) is 13.2. The Balaban J connectivity index is 2.31. The summed E-state index contributed by atoms with van der Waals surface area (Å²) in [6.07, 6.45) is 0. The number of hydrogen-bond acceptors (Lipinski definition) is 1. The van der Waals surface area contributed by atoms with Crippen LogP contribution in [0.15, 0.2) is 42.5 Å². The molecule has 1 atom stereocenters. The van der Waals surface area contributed by atoms with Gasteiger partial charge in [0.1, 0.15) is 0 Å². The van der Waals surface area contributed by atoms with Crippen molar-refractivity contribution in [1.82, 2.24) is 0 Å². The minimum Gasteiger partial charge on any atom is -0.494 e. The Hall–Kier alpha value is -1.25. The van der Waals surface area contributed by atoms with Crippen molar-refractivity contribution in [1.29, 1.82) is 0 Å². The predicted molar refractivity (Wildman–Crippen MR) is 72.1 cm³/mol. The van der Waals surface area contributed by atoms with Gasteiger partial charge in [0.15, 0.2) is 11.6 Å². The molecule has 1 nitrogen and oxygen atoms in total. The molecule has 1 unspecified atom stereocenters. The molecule has 2 aromatic rings. The maximum absolute atomic E-state index is 13.6. The predicted octanol–water partition coefficient (Wildman–Crippen LogP) is 4.82. The summed E-state index contributed by atoms with van der Waals surface area (Å²) in [4.78, 5) is 0. The van der Waals surface area contributed by atoms with Gasteiger partial charge in [0.25, 0.3) is 0 Å². The van der Waals surface area contributed by atoms with Crippen LogP contribution in [0.3, 0.4) is 0 Å². The van der Waals surface area contributed by atoms with Gasteiger partial charge in [0, 0.05) is 5.02 Å². The molecule has 0 heterocycles. The number of alkyl halides is 1. The third-order valence-corrected chi connectivity index (χ3v) is 3.39. The lowest BCUT2D eigenvalue weighted by Gasteiger charge is -2.11. The van der Waals surface area contributed by atoms with E-state index in [0.29, 0.717) is 10.6 Å². The Morgan fingerprint density at radius 2 is 1.67 bits per heavy atom. The number of halogens is 3. The second-order valence-electron chi connectivity index (χ2n) is 3.81. The fourth-order valence-electron chi connectivity index (χ4n) is 1.66. The summed E-state index contributed by atoms with van der Waals surface area (Å²) in [5, 5.41) is 0.228. The van der Waals surface area contributed by atoms with Crippen molar-refractivity contribution in [3.8, 4) is 5.75 Å². The van der Waals surface area contributed by atoms with E-state index in [1.54, 1.807) is 24.3 Å². The highest BCUT2D eigenvalue weighted by molar-refractivity contribution is 6.30. The molecule has 2 rings (SSSR count). The van der Waals surface area contributed by atoms with E-state index in [2.05, 4.69) is 0 Å². The Bertz CT molecular complexity index is 540. The summed E-state index contributed by atoms with van der Waals surface area (Å²) in [5.41, 5.74) is 1.54. The molecule has 0 saturated heterocycles. The van der Waals surface area contributed by atoms with Crippen molar-refractivity contribution in [2.45, 2.75) is 5.38 Å². The highest BCUT2D eigenvalue weighted by Crippen LogP contribution is 2.31. The lowest BCUT2D eigenvalue weighted by atomic mass is 10.0. The average molecular weight is 285 g/mol. The van der Waals surface area contributed by atoms with Gasteiger partial charge < -0.3 is 4.74 Å². The molecule has 2 aromatic carbocycles. The lowest BCUT2D eigenvalue weighted by Crippen LogP contribution is -1.95. The summed E-state index contributed by atoms with van der Waals surface area (Å²) in [6, 6.07) is 11.8. The standard InChI is InChI=1S/C14H11Cl2FO/c1-18-13-7-4-10(8-12(13)17)14(16)9-2-5-11(15)6-3-9/h2-8,14H,1H3. The van der Waals surface area contributed by atoms with E-state index in [1.165, 1.54) is 13.2 Å². The van der Waals surface area contributed by atoms with Crippen LogP contribution >= 0.6 is 23.2 Å². The zero-order chi connectivity index (χ0) is 13.1. The van der Waals surface area contributed by atoms with Crippen LogP contribution in [0.5, 0.6) is 5.75 Å². The Kier molecular flexibility index (Phi) is 4.10. The quantitative estimate of drug-likeness (QED) is 0.735. The summed E-state index contributed by atoms with van der Waals surface area (Å²) in [5.74, 6) is -0.215. The second kappa shape index (κ2) is 5.59. The fraction of sp³-hybridized carbons (Fsp3) is 0.143. The minimum atomic E-state index is -0.422. The van der Waals surface area contributed by atoms with Gasteiger partial charge in [0.05, 0.1) is 12.5 Å². The van der Waals surface area contributed by atoms with Gasteiger partial charge in [-0.15, -0.1) is 11.6 Å². The van der Waals surface area contributed by atoms with Crippen LogP contribution in [0.1, 0.15) is 16.5 Å². The number of rotatable bonds is 3. The van der Waals surface area contributed by atoms with Gasteiger partial charge in [-0.3, -0.25) is 0 Å². The maximum Gasteiger partial charge on any atom is 0.165 e. The molecular formula is C14H11Cl2FO. The topological polar surface area (TPSA) is 9.23 Å². The first-order chi connectivity index (χ1) is 8.61. The van der Waals surface area contributed by atoms with Gasteiger partial charge in [-0.05, 0) is 35.4 Å². The van der Waals surface area contributed by atoms with Crippen molar-refractivity contribution in [2.24, 2.45) is 0 Å². The minimum absolute atomic E-state index is 0.207. The van der Waals surface area contributed by atoms with Crippen LogP contribution in [0.2, 0.25) is 5.02 Å². The highest BCUT2D eigenvalue weighted by Gasteiger charge is 2.13. The van der Waals surface area contributed by atoms with Crippen molar-refractivity contribution in [2.75, 3.05) is 7.11 Å². The van der Waals surface area contributed by atoms with Crippen LogP contribution in [-0.2, 0) is 0 Å². The largest absolute Gasteiger partial charge is 0.494 e. The molecule has 0 spiro atoms. The second-order valence-corrected chi connectivity index (χ2v) is 4.68. The molecule has 0 amide bonds. The van der Waals surface area contributed by atoms with E-state index in [0.717, 1.165) is 5.56 Å². The number of methoxy groups -OCH3 is 1. The van der Waals surface area contributed by atoms with Crippen molar-refractivity contribution >= 4 is 23.2 Å². The summed E-state index contributed by atoms with van der Waals surface area (Å²) in [7, 11) is 1.43. The number of hydrogen-bond donors (Lipinski definition) is 0. The van der Waals surface area contributed by atoms with Crippen molar-refractivity contribution < 1.29 is 9.13 Å². The fourth-order valence-corrected chi connectivity index (χ4v) is 2.07. The molecule has 0 saturated carbocycles. The smallest absolute Gasteiger partial charge is 0.165 e. The van der Waals surface area contributed by atoms with E-state index in [4.69, 9.17) is 27.9 Å². The van der Waals surface area contributed by atoms with Crippen LogP contribution in [0.25, 0.3) is 0 Å². The van der Waals surface area contributed by atoms with Crippen LogP contribution in [0, 0.1) is 5.82 Å². The number of benzene rings is 2. The van der Waals surface area contributed by atoms with Crippen LogP contribution in [0.4, 0.5) is 4.39 Å². The molecule has 94 valence electrons. The van der Waals surface area contributed by atoms with Gasteiger partial charge >= 0.3 is 0 Å². The summed E-state index contributed by atoms with van der Waals surface area (Å²) < 4.78 is 18.5. The summed E-state index contributed by atoms with van der Waals surface area (Å²) >= 11 is 12.1. The van der Waals surface area contributed by atoms with Crippen LogP contribution in [-0.4, -0.2) is 7.11 Å². The molecule has 0 aromatic heterocycles. The van der Waals surface area contributed by atoms with E-state index in [9.17, 15) is 4.39 Å². The van der Waals surface area contributed by atoms with Gasteiger partial charge in [-0.25, -0.2) is 4.39 Å². The molecule has 0 aliphatic carbocycles. The van der Waals surface area contributed by atoms with E-state index < -0.39 is 11.2 Å². The zero-order valence-corrected chi connectivity index (χ0v) is 11.2. The van der Waals surface area contributed by atoms with Gasteiger partial charge in [-0.2, -0.15) is 0 Å². The molecule has 0 radical (unpaired) electrons. The van der Waals surface area contributed by atoms with E-state index in [1.807, 2.05) is 12.1 Å². The first-order valence-electron chi connectivity index (χ1n) is 5.35. The van der Waals surface area contributed by atoms with Gasteiger partial charge in [-0.1, -0.05) is 29.8 Å². The molecule has 18 heavy (non-hydrogen) atoms. The van der Waals surface area contributed by atoms with E-state index in [-0.39, 0.29) is 5.75 Å². The van der Waals surface area contributed by atoms with Crippen molar-refractivity contribution in [3.63, 3.8) is 0 Å². The Labute approximate surface area is 115 Å². The zero-order valence-electron chi connectivity index (χ0n) is 9.66. The van der Waals surface area contributed by atoms with E-state index >= 15 is 0 Å². The molecule has 0 N–H and O–H groups in total. The SMILES string of the molecule is COc1ccc(C(Cl)c2ccc(Cl)cc2)cc1F. The van der Waals surface area contributed by atoms with Gasteiger partial charge in [0.2, 0.25) is 0 Å². The molecule has 4 heteroatoms. The highest BCUT2D eigenvalue weighted by atomic mass is 35.5. The third kappa shape index (κ3) is 2.77. The third-order valence-electron chi connectivity index (χ3n) is 2.63. The van der Waals surface area contributed by atoms with Crippen LogP contribution < -0.4 is 4.74 Å². The Morgan fingerprint density at radius 3 is 2.22 bits per heavy atom. The molecule has 0 aliphatic rings. The summed E-state index contributed by atoms with van der Waals surface area (Å²) in [6.45, 7) is 0. The molecular weight excluding hydrogens is 274 g/mol. The first-order valence-corrected chi connectivity index (χ1v) is 6.16. The monoisotopic (exact) mass is 284 g/mol.